The van der Waals surface area contributed by atoms with Crippen molar-refractivity contribution in [2.24, 2.45) is 0 Å². The van der Waals surface area contributed by atoms with E-state index in [2.05, 4.69) is 21.9 Å². The first-order valence-corrected chi connectivity index (χ1v) is 10.2. The number of hydrogen-bond donors (Lipinski definition) is 1. The molecule has 2 aliphatic rings. The van der Waals surface area contributed by atoms with Crippen molar-refractivity contribution in [3.63, 3.8) is 0 Å². The highest BCUT2D eigenvalue weighted by molar-refractivity contribution is 5.46. The molecule has 2 aliphatic heterocycles. The van der Waals surface area contributed by atoms with Crippen LogP contribution in [0.15, 0.2) is 42.5 Å². The molecule has 2 aromatic rings. The summed E-state index contributed by atoms with van der Waals surface area (Å²) in [5.41, 5.74) is 3.15. The SMILES string of the molecule is Oc1c(CN2CCCC2)cc(OCc2ccccc2)cc1CN1CCCC1. The molecule has 27 heavy (non-hydrogen) atoms. The lowest BCUT2D eigenvalue weighted by Gasteiger charge is -2.21. The molecule has 0 unspecified atom stereocenters. The Kier molecular flexibility index (Phi) is 5.95. The molecule has 0 bridgehead atoms. The molecule has 1 N–H and O–H groups in total. The number of nitrogens with zero attached hydrogens (tertiary/aromatic N) is 2. The van der Waals surface area contributed by atoms with Crippen LogP contribution in [-0.2, 0) is 19.7 Å². The number of phenolic OH excluding ortho intramolecular Hbond substituents is 1. The molecule has 0 amide bonds. The fraction of sp³-hybridized carbons (Fsp3) is 0.478. The fourth-order valence-corrected chi connectivity index (χ4v) is 4.16. The van der Waals surface area contributed by atoms with Crippen LogP contribution < -0.4 is 4.74 Å². The van der Waals surface area contributed by atoms with Gasteiger partial charge >= 0.3 is 0 Å². The van der Waals surface area contributed by atoms with E-state index >= 15 is 0 Å². The summed E-state index contributed by atoms with van der Waals surface area (Å²) in [5, 5.41) is 10.9. The Bertz CT molecular complexity index is 696. The molecule has 0 aliphatic carbocycles. The lowest BCUT2D eigenvalue weighted by Crippen LogP contribution is -2.20. The third-order valence-corrected chi connectivity index (χ3v) is 5.67. The standard InChI is InChI=1S/C23H30N2O2/c26-23-20(16-24-10-4-5-11-24)14-22(27-18-19-8-2-1-3-9-19)15-21(23)17-25-12-6-7-13-25/h1-3,8-9,14-15,26H,4-7,10-13,16-18H2. The Morgan fingerprint density at radius 2 is 1.30 bits per heavy atom. The third kappa shape index (κ3) is 4.82. The van der Waals surface area contributed by atoms with Crippen molar-refractivity contribution in [2.45, 2.75) is 45.4 Å². The minimum Gasteiger partial charge on any atom is -0.507 e. The van der Waals surface area contributed by atoms with Crippen molar-refractivity contribution in [1.82, 2.24) is 9.80 Å². The normalized spacial score (nSPS) is 18.2. The van der Waals surface area contributed by atoms with Gasteiger partial charge in [-0.2, -0.15) is 0 Å². The van der Waals surface area contributed by atoms with Gasteiger partial charge in [0.1, 0.15) is 18.1 Å². The van der Waals surface area contributed by atoms with Crippen molar-refractivity contribution in [3.05, 3.63) is 59.2 Å². The molecule has 4 nitrogen and oxygen atoms in total. The van der Waals surface area contributed by atoms with Gasteiger partial charge in [0.15, 0.2) is 0 Å². The van der Waals surface area contributed by atoms with Crippen molar-refractivity contribution in [3.8, 4) is 11.5 Å². The van der Waals surface area contributed by atoms with Crippen molar-refractivity contribution in [2.75, 3.05) is 26.2 Å². The minimum absolute atomic E-state index is 0.459. The number of benzene rings is 2. The van der Waals surface area contributed by atoms with Crippen LogP contribution >= 0.6 is 0 Å². The minimum atomic E-state index is 0.459. The fourth-order valence-electron chi connectivity index (χ4n) is 4.16. The third-order valence-electron chi connectivity index (χ3n) is 5.67. The van der Waals surface area contributed by atoms with E-state index in [0.717, 1.165) is 61.7 Å². The number of ether oxygens (including phenoxy) is 1. The second-order valence-electron chi connectivity index (χ2n) is 7.83. The van der Waals surface area contributed by atoms with Gasteiger partial charge in [0.05, 0.1) is 0 Å². The highest BCUT2D eigenvalue weighted by Crippen LogP contribution is 2.32. The molecule has 4 rings (SSSR count). The summed E-state index contributed by atoms with van der Waals surface area (Å²) in [7, 11) is 0. The number of phenols is 1. The average Bonchev–Trinajstić information content (AvgIpc) is 3.38. The van der Waals surface area contributed by atoms with Gasteiger partial charge in [-0.25, -0.2) is 0 Å². The molecule has 4 heteroatoms. The average molecular weight is 367 g/mol. The number of likely N-dealkylation sites (tertiary alicyclic amines) is 2. The Morgan fingerprint density at radius 1 is 0.778 bits per heavy atom. The van der Waals surface area contributed by atoms with Gasteiger partial charge in [-0.15, -0.1) is 0 Å². The van der Waals surface area contributed by atoms with Crippen LogP contribution in [0.25, 0.3) is 0 Å². The van der Waals surface area contributed by atoms with Crippen LogP contribution in [-0.4, -0.2) is 41.1 Å². The Morgan fingerprint density at radius 3 is 1.81 bits per heavy atom. The summed E-state index contributed by atoms with van der Waals surface area (Å²) in [4.78, 5) is 4.85. The summed E-state index contributed by atoms with van der Waals surface area (Å²) < 4.78 is 6.11. The Labute approximate surface area is 162 Å². The van der Waals surface area contributed by atoms with Crippen molar-refractivity contribution < 1.29 is 9.84 Å². The first kappa shape index (κ1) is 18.3. The monoisotopic (exact) mass is 366 g/mol. The largest absolute Gasteiger partial charge is 0.507 e. The summed E-state index contributed by atoms with van der Waals surface area (Å²) in [5.74, 6) is 1.32. The summed E-state index contributed by atoms with van der Waals surface area (Å²) >= 11 is 0. The smallest absolute Gasteiger partial charge is 0.124 e. The molecule has 0 saturated carbocycles. The van der Waals surface area contributed by atoms with Crippen LogP contribution in [0, 0.1) is 0 Å². The van der Waals surface area contributed by atoms with E-state index in [1.807, 2.05) is 30.3 Å². The number of rotatable bonds is 7. The predicted octanol–water partition coefficient (Wildman–Crippen LogP) is 4.16. The van der Waals surface area contributed by atoms with E-state index in [4.69, 9.17) is 4.74 Å². The van der Waals surface area contributed by atoms with Crippen LogP contribution in [0.3, 0.4) is 0 Å². The molecule has 0 spiro atoms. The zero-order valence-electron chi connectivity index (χ0n) is 16.1. The van der Waals surface area contributed by atoms with E-state index in [9.17, 15) is 5.11 Å². The van der Waals surface area contributed by atoms with Crippen molar-refractivity contribution in [1.29, 1.82) is 0 Å². The number of aromatic hydroxyl groups is 1. The van der Waals surface area contributed by atoms with Crippen LogP contribution in [0.5, 0.6) is 11.5 Å². The van der Waals surface area contributed by atoms with E-state index in [-0.39, 0.29) is 0 Å². The molecule has 0 radical (unpaired) electrons. The lowest BCUT2D eigenvalue weighted by molar-refractivity contribution is 0.293. The second-order valence-corrected chi connectivity index (χ2v) is 7.83. The van der Waals surface area contributed by atoms with E-state index in [0.29, 0.717) is 12.4 Å². The van der Waals surface area contributed by atoms with E-state index < -0.39 is 0 Å². The maximum atomic E-state index is 10.9. The summed E-state index contributed by atoms with van der Waals surface area (Å²) in [6.07, 6.45) is 5.02. The summed E-state index contributed by atoms with van der Waals surface area (Å²) in [6.45, 7) is 6.65. The maximum Gasteiger partial charge on any atom is 0.124 e. The quantitative estimate of drug-likeness (QED) is 0.798. The predicted molar refractivity (Wildman–Crippen MR) is 108 cm³/mol. The molecule has 2 saturated heterocycles. The van der Waals surface area contributed by atoms with Crippen LogP contribution in [0.2, 0.25) is 0 Å². The highest BCUT2D eigenvalue weighted by atomic mass is 16.5. The highest BCUT2D eigenvalue weighted by Gasteiger charge is 2.19. The molecule has 0 aromatic heterocycles. The maximum absolute atomic E-state index is 10.9. The summed E-state index contributed by atoms with van der Waals surface area (Å²) in [6, 6.07) is 14.3. The lowest BCUT2D eigenvalue weighted by atomic mass is 10.1. The van der Waals surface area contributed by atoms with Gasteiger partial charge in [0.2, 0.25) is 0 Å². The zero-order valence-corrected chi connectivity index (χ0v) is 16.1. The molecule has 144 valence electrons. The molecular weight excluding hydrogens is 336 g/mol. The second kappa shape index (κ2) is 8.77. The molecule has 0 atom stereocenters. The van der Waals surface area contributed by atoms with Crippen LogP contribution in [0.4, 0.5) is 0 Å². The molecular formula is C23H30N2O2. The molecule has 2 fully saturated rings. The molecule has 2 heterocycles. The topological polar surface area (TPSA) is 35.9 Å². The molecule has 2 aromatic carbocycles. The van der Waals surface area contributed by atoms with Crippen LogP contribution in [0.1, 0.15) is 42.4 Å². The van der Waals surface area contributed by atoms with E-state index in [1.54, 1.807) is 0 Å². The van der Waals surface area contributed by atoms with Gasteiger partial charge < -0.3 is 9.84 Å². The first-order chi connectivity index (χ1) is 13.3. The van der Waals surface area contributed by atoms with E-state index in [1.165, 1.54) is 25.7 Å². The van der Waals surface area contributed by atoms with Gasteiger partial charge in [0.25, 0.3) is 0 Å². The van der Waals surface area contributed by atoms with Crippen molar-refractivity contribution >= 4 is 0 Å². The van der Waals surface area contributed by atoms with Gasteiger partial charge in [-0.3, -0.25) is 9.80 Å². The first-order valence-electron chi connectivity index (χ1n) is 10.2. The Balaban J connectivity index is 1.54. The Hall–Kier alpha value is -2.04. The van der Waals surface area contributed by atoms with Gasteiger partial charge in [-0.05, 0) is 69.6 Å². The van der Waals surface area contributed by atoms with Gasteiger partial charge in [0, 0.05) is 24.2 Å². The van der Waals surface area contributed by atoms with Gasteiger partial charge in [-0.1, -0.05) is 30.3 Å². The number of hydrogen-bond acceptors (Lipinski definition) is 4. The zero-order chi connectivity index (χ0) is 18.5.